The molecular weight excluding hydrogens is 383 g/mol. The van der Waals surface area contributed by atoms with Gasteiger partial charge in [-0.1, -0.05) is 12.1 Å². The van der Waals surface area contributed by atoms with E-state index in [4.69, 9.17) is 4.42 Å². The van der Waals surface area contributed by atoms with Crippen LogP contribution in [-0.4, -0.2) is 29.8 Å². The smallest absolute Gasteiger partial charge is 0.239 e. The molecule has 30 heavy (non-hydrogen) atoms. The van der Waals surface area contributed by atoms with E-state index >= 15 is 0 Å². The number of benzene rings is 2. The Morgan fingerprint density at radius 2 is 1.87 bits per heavy atom. The minimum atomic E-state index is -0.315. The van der Waals surface area contributed by atoms with Crippen molar-refractivity contribution in [1.82, 2.24) is 10.2 Å². The van der Waals surface area contributed by atoms with Crippen LogP contribution in [0.5, 0.6) is 0 Å². The van der Waals surface area contributed by atoms with Crippen molar-refractivity contribution in [2.24, 2.45) is 0 Å². The number of hydrogen-bond acceptors (Lipinski definition) is 3. The van der Waals surface area contributed by atoms with E-state index in [1.165, 1.54) is 28.2 Å². The van der Waals surface area contributed by atoms with Crippen LogP contribution in [0.15, 0.2) is 47.1 Å². The molecule has 1 aliphatic rings. The Balaban J connectivity index is 1.37. The second kappa shape index (κ2) is 8.69. The fourth-order valence-electron chi connectivity index (χ4n) is 3.97. The summed E-state index contributed by atoms with van der Waals surface area (Å²) in [6.07, 6.45) is 5.16. The van der Waals surface area contributed by atoms with Crippen molar-refractivity contribution < 1.29 is 18.4 Å². The summed E-state index contributed by atoms with van der Waals surface area (Å²) in [4.78, 5) is 26.7. The molecule has 2 amide bonds. The van der Waals surface area contributed by atoms with E-state index in [-0.39, 0.29) is 30.6 Å². The predicted molar refractivity (Wildman–Crippen MR) is 112 cm³/mol. The Bertz CT molecular complexity index is 1070. The Hall–Kier alpha value is -3.15. The molecule has 1 N–H and O–H groups in total. The monoisotopic (exact) mass is 408 g/mol. The molecule has 1 aliphatic carbocycles. The van der Waals surface area contributed by atoms with Gasteiger partial charge >= 0.3 is 0 Å². The Kier molecular flexibility index (Phi) is 5.84. The molecule has 4 rings (SSSR count). The summed E-state index contributed by atoms with van der Waals surface area (Å²) in [7, 11) is 0. The molecule has 0 fully saturated rings. The minimum absolute atomic E-state index is 0.0122. The fraction of sp³-hybridized carbons (Fsp3) is 0.333. The number of carbonyl (C=O) groups is 2. The van der Waals surface area contributed by atoms with Gasteiger partial charge in [-0.05, 0) is 67.1 Å². The molecular formula is C24H25FN2O3. The van der Waals surface area contributed by atoms with E-state index in [0.717, 1.165) is 41.4 Å². The second-order valence-corrected chi connectivity index (χ2v) is 7.72. The average Bonchev–Trinajstić information content (AvgIpc) is 3.36. The zero-order chi connectivity index (χ0) is 21.1. The third-order valence-electron chi connectivity index (χ3n) is 5.68. The lowest BCUT2D eigenvalue weighted by molar-refractivity contribution is -0.135. The first kappa shape index (κ1) is 20.1. The summed E-state index contributed by atoms with van der Waals surface area (Å²) in [6, 6.07) is 10.2. The van der Waals surface area contributed by atoms with Gasteiger partial charge in [0.1, 0.15) is 11.4 Å². The number of amides is 2. The third kappa shape index (κ3) is 4.37. The van der Waals surface area contributed by atoms with Crippen LogP contribution in [0.4, 0.5) is 4.39 Å². The van der Waals surface area contributed by atoms with Gasteiger partial charge in [0, 0.05) is 24.0 Å². The van der Waals surface area contributed by atoms with E-state index in [9.17, 15) is 14.0 Å². The zero-order valence-electron chi connectivity index (χ0n) is 17.0. The number of likely N-dealkylation sites (N-methyl/N-ethyl adjacent to an activating group) is 1. The van der Waals surface area contributed by atoms with Gasteiger partial charge in [0.15, 0.2) is 0 Å². The number of nitrogens with zero attached hydrogens (tertiary/aromatic N) is 1. The normalized spacial score (nSPS) is 12.7. The standard InChI is InChI=1S/C24H25FN2O3/c1-2-27(14-23(28)26-13-16-6-8-20(25)9-7-16)24(29)12-19-15-30-22-11-18-5-3-4-17(18)10-21(19)22/h6-11,15H,2-5,12-14H2,1H3,(H,26,28). The second-order valence-electron chi connectivity index (χ2n) is 7.72. The maximum Gasteiger partial charge on any atom is 0.239 e. The van der Waals surface area contributed by atoms with Gasteiger partial charge in [-0.3, -0.25) is 9.59 Å². The van der Waals surface area contributed by atoms with Crippen LogP contribution in [0.25, 0.3) is 11.0 Å². The Labute approximate surface area is 174 Å². The van der Waals surface area contributed by atoms with Gasteiger partial charge < -0.3 is 14.6 Å². The summed E-state index contributed by atoms with van der Waals surface area (Å²) >= 11 is 0. The van der Waals surface area contributed by atoms with Crippen LogP contribution >= 0.6 is 0 Å². The highest BCUT2D eigenvalue weighted by molar-refractivity contribution is 5.90. The van der Waals surface area contributed by atoms with E-state index in [1.807, 2.05) is 6.92 Å². The SMILES string of the molecule is CCN(CC(=O)NCc1ccc(F)cc1)C(=O)Cc1coc2cc3c(cc12)CCC3. The van der Waals surface area contributed by atoms with Crippen LogP contribution in [0, 0.1) is 5.82 Å². The third-order valence-corrected chi connectivity index (χ3v) is 5.68. The van der Waals surface area contributed by atoms with Crippen molar-refractivity contribution in [3.05, 3.63) is 70.7 Å². The van der Waals surface area contributed by atoms with Crippen LogP contribution in [0.2, 0.25) is 0 Å². The first-order chi connectivity index (χ1) is 14.5. The van der Waals surface area contributed by atoms with Gasteiger partial charge in [0.25, 0.3) is 0 Å². The molecule has 1 aromatic heterocycles. The van der Waals surface area contributed by atoms with Crippen molar-refractivity contribution in [3.8, 4) is 0 Å². The van der Waals surface area contributed by atoms with E-state index in [0.29, 0.717) is 13.1 Å². The minimum Gasteiger partial charge on any atom is -0.464 e. The number of fused-ring (bicyclic) bond motifs is 2. The molecule has 0 saturated heterocycles. The molecule has 0 bridgehead atoms. The van der Waals surface area contributed by atoms with Gasteiger partial charge in [0.05, 0.1) is 19.2 Å². The van der Waals surface area contributed by atoms with Crippen LogP contribution in [0.3, 0.4) is 0 Å². The van der Waals surface area contributed by atoms with Gasteiger partial charge in [-0.15, -0.1) is 0 Å². The lowest BCUT2D eigenvalue weighted by Gasteiger charge is -2.20. The van der Waals surface area contributed by atoms with Crippen molar-refractivity contribution in [2.45, 2.75) is 39.2 Å². The highest BCUT2D eigenvalue weighted by Crippen LogP contribution is 2.30. The summed E-state index contributed by atoms with van der Waals surface area (Å²) in [5.41, 5.74) is 5.15. The molecule has 6 heteroatoms. The summed E-state index contributed by atoms with van der Waals surface area (Å²) in [5, 5.41) is 3.77. The molecule has 1 heterocycles. The van der Waals surface area contributed by atoms with Crippen molar-refractivity contribution >= 4 is 22.8 Å². The number of carbonyl (C=O) groups excluding carboxylic acids is 2. The van der Waals surface area contributed by atoms with Crippen molar-refractivity contribution in [2.75, 3.05) is 13.1 Å². The molecule has 156 valence electrons. The van der Waals surface area contributed by atoms with Gasteiger partial charge in [-0.2, -0.15) is 0 Å². The highest BCUT2D eigenvalue weighted by atomic mass is 19.1. The molecule has 3 aromatic rings. The van der Waals surface area contributed by atoms with Crippen LogP contribution < -0.4 is 5.32 Å². The van der Waals surface area contributed by atoms with E-state index in [2.05, 4.69) is 17.4 Å². The maximum absolute atomic E-state index is 13.0. The average molecular weight is 408 g/mol. The molecule has 2 aromatic carbocycles. The molecule has 0 atom stereocenters. The summed E-state index contributed by atoms with van der Waals surface area (Å²) < 4.78 is 18.7. The first-order valence-corrected chi connectivity index (χ1v) is 10.3. The number of furan rings is 1. The van der Waals surface area contributed by atoms with Crippen molar-refractivity contribution in [1.29, 1.82) is 0 Å². The number of aryl methyl sites for hydroxylation is 2. The van der Waals surface area contributed by atoms with Crippen LogP contribution in [0.1, 0.15) is 35.6 Å². The summed E-state index contributed by atoms with van der Waals surface area (Å²) in [5.74, 6) is -0.674. The molecule has 0 saturated carbocycles. The van der Waals surface area contributed by atoms with E-state index < -0.39 is 0 Å². The first-order valence-electron chi connectivity index (χ1n) is 10.3. The Morgan fingerprint density at radius 3 is 2.60 bits per heavy atom. The Morgan fingerprint density at radius 1 is 1.13 bits per heavy atom. The maximum atomic E-state index is 13.0. The number of rotatable bonds is 7. The van der Waals surface area contributed by atoms with Gasteiger partial charge in [-0.25, -0.2) is 4.39 Å². The molecule has 0 spiro atoms. The number of nitrogens with one attached hydrogen (secondary N) is 1. The molecule has 5 nitrogen and oxygen atoms in total. The lowest BCUT2D eigenvalue weighted by atomic mass is 10.0. The van der Waals surface area contributed by atoms with Crippen LogP contribution in [-0.2, 0) is 35.4 Å². The van der Waals surface area contributed by atoms with E-state index in [1.54, 1.807) is 18.4 Å². The predicted octanol–water partition coefficient (Wildman–Crippen LogP) is 3.77. The largest absolute Gasteiger partial charge is 0.464 e. The van der Waals surface area contributed by atoms with Crippen molar-refractivity contribution in [3.63, 3.8) is 0 Å². The quantitative estimate of drug-likeness (QED) is 0.647. The lowest BCUT2D eigenvalue weighted by Crippen LogP contribution is -2.41. The topological polar surface area (TPSA) is 62.6 Å². The fourth-order valence-corrected chi connectivity index (χ4v) is 3.97. The summed E-state index contributed by atoms with van der Waals surface area (Å²) in [6.45, 7) is 2.57. The number of halogens is 1. The molecule has 0 radical (unpaired) electrons. The zero-order valence-corrected chi connectivity index (χ0v) is 17.0. The number of hydrogen-bond donors (Lipinski definition) is 1. The molecule has 0 aliphatic heterocycles. The van der Waals surface area contributed by atoms with Gasteiger partial charge in [0.2, 0.25) is 11.8 Å². The highest BCUT2D eigenvalue weighted by Gasteiger charge is 2.20. The molecule has 0 unspecified atom stereocenters.